The van der Waals surface area contributed by atoms with Crippen molar-refractivity contribution in [2.75, 3.05) is 5.73 Å². The fourth-order valence-electron chi connectivity index (χ4n) is 1.94. The van der Waals surface area contributed by atoms with Gasteiger partial charge in [0, 0.05) is 0 Å². The van der Waals surface area contributed by atoms with Crippen LogP contribution in [0.15, 0.2) is 58.2 Å². The molecule has 0 aliphatic heterocycles. The molecule has 0 bridgehead atoms. The number of aromatic nitrogens is 2. The molecular weight excluding hydrogens is 270 g/mol. The summed E-state index contributed by atoms with van der Waals surface area (Å²) in [4.78, 5) is 0. The molecule has 0 aliphatic carbocycles. The number of benzene rings is 1. The first kappa shape index (κ1) is 12.9. The highest BCUT2D eigenvalue weighted by Gasteiger charge is 2.15. The van der Waals surface area contributed by atoms with Gasteiger partial charge in [0.2, 0.25) is 0 Å². The minimum atomic E-state index is 0.727. The Balaban J connectivity index is 1.93. The third-order valence-electron chi connectivity index (χ3n) is 2.99. The van der Waals surface area contributed by atoms with Gasteiger partial charge in [0.1, 0.15) is 10.8 Å². The number of para-hydroxylation sites is 1. The Hall–Kier alpha value is -2.14. The van der Waals surface area contributed by atoms with Gasteiger partial charge in [-0.05, 0) is 31.2 Å². The molecular formula is C15H15N3OS. The minimum absolute atomic E-state index is 0.727. The van der Waals surface area contributed by atoms with Crippen molar-refractivity contribution in [1.29, 1.82) is 0 Å². The van der Waals surface area contributed by atoms with Crippen LogP contribution in [0.2, 0.25) is 0 Å². The molecule has 0 radical (unpaired) electrons. The highest BCUT2D eigenvalue weighted by molar-refractivity contribution is 7.98. The van der Waals surface area contributed by atoms with E-state index in [-0.39, 0.29) is 0 Å². The number of aryl methyl sites for hydroxylation is 1. The number of furan rings is 1. The first-order valence-electron chi connectivity index (χ1n) is 6.31. The van der Waals surface area contributed by atoms with Crippen LogP contribution in [0, 0.1) is 6.92 Å². The maximum Gasteiger partial charge on any atom is 0.124 e. The Morgan fingerprint density at radius 1 is 1.20 bits per heavy atom. The molecule has 2 N–H and O–H groups in total. The molecule has 0 saturated carbocycles. The zero-order valence-electron chi connectivity index (χ0n) is 11.1. The monoisotopic (exact) mass is 285 g/mol. The molecule has 2 aromatic heterocycles. The molecule has 0 amide bonds. The van der Waals surface area contributed by atoms with E-state index in [1.807, 2.05) is 54.1 Å². The molecule has 3 aromatic rings. The molecule has 3 rings (SSSR count). The fourth-order valence-corrected chi connectivity index (χ4v) is 2.95. The average Bonchev–Trinajstić information content (AvgIpc) is 3.08. The normalized spacial score (nSPS) is 10.8. The molecule has 0 spiro atoms. The lowest BCUT2D eigenvalue weighted by atomic mass is 10.3. The molecule has 0 fully saturated rings. The van der Waals surface area contributed by atoms with Crippen LogP contribution in [-0.2, 0) is 5.75 Å². The van der Waals surface area contributed by atoms with Crippen LogP contribution in [0.1, 0.15) is 11.5 Å². The summed E-state index contributed by atoms with van der Waals surface area (Å²) in [7, 11) is 0. The van der Waals surface area contributed by atoms with E-state index in [0.717, 1.165) is 33.6 Å². The molecule has 1 aromatic carbocycles. The number of nitrogen functional groups attached to an aromatic ring is 1. The van der Waals surface area contributed by atoms with Crippen molar-refractivity contribution in [1.82, 2.24) is 9.78 Å². The van der Waals surface area contributed by atoms with Crippen LogP contribution in [0.5, 0.6) is 0 Å². The first-order valence-corrected chi connectivity index (χ1v) is 7.30. The minimum Gasteiger partial charge on any atom is -0.468 e. The van der Waals surface area contributed by atoms with E-state index in [9.17, 15) is 0 Å². The molecule has 4 nitrogen and oxygen atoms in total. The van der Waals surface area contributed by atoms with Gasteiger partial charge in [0.05, 0.1) is 29.1 Å². The Kier molecular flexibility index (Phi) is 3.52. The van der Waals surface area contributed by atoms with Gasteiger partial charge in [-0.25, -0.2) is 4.68 Å². The van der Waals surface area contributed by atoms with E-state index < -0.39 is 0 Å². The predicted octanol–water partition coefficient (Wildman–Crippen LogP) is 3.65. The van der Waals surface area contributed by atoms with E-state index in [2.05, 4.69) is 5.10 Å². The standard InChI is InChI=1S/C15H15N3OS/c1-11-14(16)15(20-10-13-8-5-9-19-13)18(17-11)12-6-3-2-4-7-12/h2-9H,10,16H2,1H3. The molecule has 20 heavy (non-hydrogen) atoms. The molecule has 0 atom stereocenters. The summed E-state index contributed by atoms with van der Waals surface area (Å²) in [5.41, 5.74) is 8.72. The van der Waals surface area contributed by atoms with Gasteiger partial charge < -0.3 is 10.2 Å². The van der Waals surface area contributed by atoms with Gasteiger partial charge in [-0.1, -0.05) is 30.0 Å². The second-order valence-corrected chi connectivity index (χ2v) is 5.38. The molecule has 0 saturated heterocycles. The van der Waals surface area contributed by atoms with Crippen molar-refractivity contribution >= 4 is 17.4 Å². The van der Waals surface area contributed by atoms with E-state index >= 15 is 0 Å². The van der Waals surface area contributed by atoms with Crippen molar-refractivity contribution in [2.45, 2.75) is 17.7 Å². The molecule has 102 valence electrons. The number of nitrogens with two attached hydrogens (primary N) is 1. The number of nitrogens with zero attached hydrogens (tertiary/aromatic N) is 2. The van der Waals surface area contributed by atoms with E-state index in [4.69, 9.17) is 10.2 Å². The lowest BCUT2D eigenvalue weighted by Crippen LogP contribution is -1.99. The van der Waals surface area contributed by atoms with Crippen LogP contribution in [-0.4, -0.2) is 9.78 Å². The van der Waals surface area contributed by atoms with Gasteiger partial charge in [-0.15, -0.1) is 0 Å². The fraction of sp³-hybridized carbons (Fsp3) is 0.133. The van der Waals surface area contributed by atoms with Crippen molar-refractivity contribution in [2.24, 2.45) is 0 Å². The van der Waals surface area contributed by atoms with Crippen LogP contribution >= 0.6 is 11.8 Å². The van der Waals surface area contributed by atoms with Gasteiger partial charge in [0.15, 0.2) is 0 Å². The van der Waals surface area contributed by atoms with Crippen LogP contribution < -0.4 is 5.73 Å². The Morgan fingerprint density at radius 2 is 2.00 bits per heavy atom. The third-order valence-corrected chi connectivity index (χ3v) is 4.09. The molecule has 5 heteroatoms. The van der Waals surface area contributed by atoms with Gasteiger partial charge >= 0.3 is 0 Å². The van der Waals surface area contributed by atoms with Crippen LogP contribution in [0.25, 0.3) is 5.69 Å². The Labute approximate surface area is 121 Å². The topological polar surface area (TPSA) is 57.0 Å². The zero-order chi connectivity index (χ0) is 13.9. The quantitative estimate of drug-likeness (QED) is 0.743. The number of thioether (sulfide) groups is 1. The van der Waals surface area contributed by atoms with Gasteiger partial charge in [-0.3, -0.25) is 0 Å². The number of anilines is 1. The van der Waals surface area contributed by atoms with Crippen molar-refractivity contribution in [3.05, 3.63) is 60.2 Å². The molecule has 0 unspecified atom stereocenters. The summed E-state index contributed by atoms with van der Waals surface area (Å²) in [5.74, 6) is 1.66. The summed E-state index contributed by atoms with van der Waals surface area (Å²) in [6.45, 7) is 1.92. The number of hydrogen-bond acceptors (Lipinski definition) is 4. The largest absolute Gasteiger partial charge is 0.468 e. The summed E-state index contributed by atoms with van der Waals surface area (Å²) in [5, 5.41) is 5.47. The maximum atomic E-state index is 6.15. The summed E-state index contributed by atoms with van der Waals surface area (Å²) < 4.78 is 7.24. The number of rotatable bonds is 4. The second kappa shape index (κ2) is 5.46. The summed E-state index contributed by atoms with van der Waals surface area (Å²) in [6, 6.07) is 13.8. The Morgan fingerprint density at radius 3 is 2.70 bits per heavy atom. The molecule has 0 aliphatic rings. The highest BCUT2D eigenvalue weighted by atomic mass is 32.2. The highest BCUT2D eigenvalue weighted by Crippen LogP contribution is 2.32. The zero-order valence-corrected chi connectivity index (χ0v) is 11.9. The van der Waals surface area contributed by atoms with E-state index in [1.54, 1.807) is 18.0 Å². The van der Waals surface area contributed by atoms with Crippen molar-refractivity contribution in [3.63, 3.8) is 0 Å². The third kappa shape index (κ3) is 2.44. The average molecular weight is 285 g/mol. The van der Waals surface area contributed by atoms with Crippen LogP contribution in [0.4, 0.5) is 5.69 Å². The van der Waals surface area contributed by atoms with Crippen molar-refractivity contribution in [3.8, 4) is 5.69 Å². The Bertz CT molecular complexity index is 689. The number of hydrogen-bond donors (Lipinski definition) is 1. The lowest BCUT2D eigenvalue weighted by molar-refractivity contribution is 0.530. The molecule has 2 heterocycles. The van der Waals surface area contributed by atoms with E-state index in [1.165, 1.54) is 0 Å². The predicted molar refractivity (Wildman–Crippen MR) is 81.0 cm³/mol. The van der Waals surface area contributed by atoms with Crippen molar-refractivity contribution < 1.29 is 4.42 Å². The summed E-state index contributed by atoms with van der Waals surface area (Å²) >= 11 is 1.63. The first-order chi connectivity index (χ1) is 9.75. The maximum absolute atomic E-state index is 6.15. The van der Waals surface area contributed by atoms with Gasteiger partial charge in [0.25, 0.3) is 0 Å². The second-order valence-electron chi connectivity index (χ2n) is 4.42. The lowest BCUT2D eigenvalue weighted by Gasteiger charge is -2.07. The smallest absolute Gasteiger partial charge is 0.124 e. The van der Waals surface area contributed by atoms with Gasteiger partial charge in [-0.2, -0.15) is 5.10 Å². The summed E-state index contributed by atoms with van der Waals surface area (Å²) in [6.07, 6.45) is 1.68. The SMILES string of the molecule is Cc1nn(-c2ccccc2)c(SCc2ccco2)c1N. The van der Waals surface area contributed by atoms with E-state index in [0.29, 0.717) is 0 Å². The van der Waals surface area contributed by atoms with Crippen LogP contribution in [0.3, 0.4) is 0 Å².